The Bertz CT molecular complexity index is 1420. The molecule has 1 atom stereocenters. The predicted molar refractivity (Wildman–Crippen MR) is 146 cm³/mol. The highest BCUT2D eigenvalue weighted by atomic mass is 16.2. The molecular formula is C30H34N4O2. The zero-order valence-corrected chi connectivity index (χ0v) is 21.7. The van der Waals surface area contributed by atoms with Crippen molar-refractivity contribution in [3.05, 3.63) is 106 Å². The first-order valence-electron chi connectivity index (χ1n) is 12.4. The lowest BCUT2D eigenvalue weighted by Crippen LogP contribution is -2.42. The average Bonchev–Trinajstić information content (AvgIpc) is 2.87. The lowest BCUT2D eigenvalue weighted by atomic mass is 10.0. The number of aryl methyl sites for hydroxylation is 2. The topological polar surface area (TPSA) is 58.4 Å². The van der Waals surface area contributed by atoms with Crippen molar-refractivity contribution in [3.8, 4) is 5.69 Å². The largest absolute Gasteiger partial charge is 0.327 e. The highest BCUT2D eigenvalue weighted by Gasteiger charge is 2.30. The summed E-state index contributed by atoms with van der Waals surface area (Å²) in [5, 5.41) is 0.557. The molecular weight excluding hydrogens is 448 g/mol. The molecule has 4 rings (SSSR count). The van der Waals surface area contributed by atoms with E-state index >= 15 is 0 Å². The summed E-state index contributed by atoms with van der Waals surface area (Å²) >= 11 is 0. The molecule has 0 aliphatic carbocycles. The fourth-order valence-corrected chi connectivity index (χ4v) is 4.53. The molecule has 36 heavy (non-hydrogen) atoms. The number of rotatable bonds is 8. The van der Waals surface area contributed by atoms with Gasteiger partial charge in [0.05, 0.1) is 22.6 Å². The van der Waals surface area contributed by atoms with Crippen molar-refractivity contribution < 1.29 is 4.79 Å². The highest BCUT2D eigenvalue weighted by Crippen LogP contribution is 2.28. The summed E-state index contributed by atoms with van der Waals surface area (Å²) in [6.07, 6.45) is 0.613. The molecule has 1 amide bonds. The Labute approximate surface area is 212 Å². The van der Waals surface area contributed by atoms with Crippen molar-refractivity contribution in [2.24, 2.45) is 0 Å². The monoisotopic (exact) mass is 482 g/mol. The van der Waals surface area contributed by atoms with E-state index in [0.29, 0.717) is 41.8 Å². The van der Waals surface area contributed by atoms with E-state index in [4.69, 9.17) is 4.98 Å². The number of carbonyl (C=O) groups is 1. The molecule has 3 aromatic carbocycles. The number of hydrogen-bond donors (Lipinski definition) is 0. The van der Waals surface area contributed by atoms with Crippen LogP contribution in [0, 0.1) is 13.8 Å². The Morgan fingerprint density at radius 1 is 0.917 bits per heavy atom. The third-order valence-corrected chi connectivity index (χ3v) is 6.58. The van der Waals surface area contributed by atoms with E-state index in [0.717, 1.165) is 16.8 Å². The third-order valence-electron chi connectivity index (χ3n) is 6.58. The van der Waals surface area contributed by atoms with E-state index in [1.165, 1.54) is 0 Å². The van der Waals surface area contributed by atoms with E-state index in [2.05, 4.69) is 4.90 Å². The highest BCUT2D eigenvalue weighted by molar-refractivity contribution is 5.96. The first-order chi connectivity index (χ1) is 17.3. The van der Waals surface area contributed by atoms with Gasteiger partial charge in [-0.1, -0.05) is 55.0 Å². The number of para-hydroxylation sites is 1. The number of fused-ring (bicyclic) bond motifs is 1. The van der Waals surface area contributed by atoms with Gasteiger partial charge in [0.2, 0.25) is 0 Å². The average molecular weight is 483 g/mol. The number of benzene rings is 3. The van der Waals surface area contributed by atoms with Gasteiger partial charge in [0.1, 0.15) is 5.82 Å². The smallest absolute Gasteiger partial charge is 0.266 e. The number of likely N-dealkylation sites (N-methyl/N-ethyl adjacent to an activating group) is 1. The minimum Gasteiger partial charge on any atom is -0.327 e. The SMILES string of the molecule is CCC(c1nc2ccccc2c(=O)n1-c1ccc(C)cc1)N(CCN(C)C)C(=O)c1ccccc1C. The molecule has 6 heteroatoms. The molecule has 6 nitrogen and oxygen atoms in total. The van der Waals surface area contributed by atoms with Crippen LogP contribution in [-0.4, -0.2) is 52.4 Å². The van der Waals surface area contributed by atoms with Gasteiger partial charge in [-0.05, 0) is 70.3 Å². The molecule has 1 unspecified atom stereocenters. The van der Waals surface area contributed by atoms with Gasteiger partial charge in [-0.3, -0.25) is 14.2 Å². The molecule has 0 saturated heterocycles. The summed E-state index contributed by atoms with van der Waals surface area (Å²) in [5.74, 6) is 0.519. The van der Waals surface area contributed by atoms with Crippen molar-refractivity contribution in [1.29, 1.82) is 0 Å². The Morgan fingerprint density at radius 2 is 1.58 bits per heavy atom. The number of nitrogens with zero attached hydrogens (tertiary/aromatic N) is 4. The molecule has 0 bridgehead atoms. The van der Waals surface area contributed by atoms with Crippen LogP contribution in [-0.2, 0) is 0 Å². The second kappa shape index (κ2) is 10.9. The Balaban J connectivity index is 1.95. The van der Waals surface area contributed by atoms with Crippen LogP contribution in [0.2, 0.25) is 0 Å². The lowest BCUT2D eigenvalue weighted by molar-refractivity contribution is 0.0643. The Kier molecular flexibility index (Phi) is 7.65. The molecule has 0 spiro atoms. The van der Waals surface area contributed by atoms with Gasteiger partial charge in [-0.25, -0.2) is 4.98 Å². The van der Waals surface area contributed by atoms with Gasteiger partial charge >= 0.3 is 0 Å². The van der Waals surface area contributed by atoms with Crippen molar-refractivity contribution in [2.75, 3.05) is 27.2 Å². The number of hydrogen-bond acceptors (Lipinski definition) is 4. The number of carbonyl (C=O) groups excluding carboxylic acids is 1. The predicted octanol–water partition coefficient (Wildman–Crippen LogP) is 5.16. The molecule has 0 fully saturated rings. The summed E-state index contributed by atoms with van der Waals surface area (Å²) in [6, 6.07) is 22.5. The zero-order chi connectivity index (χ0) is 25.8. The normalized spacial score (nSPS) is 12.2. The molecule has 1 aromatic heterocycles. The van der Waals surface area contributed by atoms with E-state index in [-0.39, 0.29) is 11.5 Å². The third kappa shape index (κ3) is 5.09. The van der Waals surface area contributed by atoms with E-state index in [9.17, 15) is 9.59 Å². The van der Waals surface area contributed by atoms with Crippen molar-refractivity contribution in [2.45, 2.75) is 33.2 Å². The second-order valence-corrected chi connectivity index (χ2v) is 9.50. The van der Waals surface area contributed by atoms with Crippen LogP contribution < -0.4 is 5.56 Å². The molecule has 0 saturated carbocycles. The van der Waals surface area contributed by atoms with Gasteiger partial charge in [-0.2, -0.15) is 0 Å². The van der Waals surface area contributed by atoms with Crippen molar-refractivity contribution >= 4 is 16.8 Å². The van der Waals surface area contributed by atoms with Crippen LogP contribution in [0.1, 0.15) is 46.7 Å². The van der Waals surface area contributed by atoms with Crippen LogP contribution >= 0.6 is 0 Å². The van der Waals surface area contributed by atoms with E-state index < -0.39 is 6.04 Å². The first kappa shape index (κ1) is 25.3. The van der Waals surface area contributed by atoms with Crippen LogP contribution in [0.25, 0.3) is 16.6 Å². The fraction of sp³-hybridized carbons (Fsp3) is 0.300. The summed E-state index contributed by atoms with van der Waals surface area (Å²) in [5.41, 5.74) is 3.95. The minimum atomic E-state index is -0.393. The molecule has 0 aliphatic rings. The van der Waals surface area contributed by atoms with Crippen molar-refractivity contribution in [3.63, 3.8) is 0 Å². The van der Waals surface area contributed by atoms with Gasteiger partial charge in [0.15, 0.2) is 0 Å². The molecule has 4 aromatic rings. The van der Waals surface area contributed by atoms with Crippen LogP contribution in [0.5, 0.6) is 0 Å². The van der Waals surface area contributed by atoms with E-state index in [1.807, 2.05) is 113 Å². The Hall–Kier alpha value is -3.77. The molecule has 0 N–H and O–H groups in total. The number of aromatic nitrogens is 2. The lowest BCUT2D eigenvalue weighted by Gasteiger charge is -2.33. The van der Waals surface area contributed by atoms with Crippen LogP contribution in [0.3, 0.4) is 0 Å². The number of amides is 1. The van der Waals surface area contributed by atoms with Crippen LogP contribution in [0.4, 0.5) is 0 Å². The molecule has 0 radical (unpaired) electrons. The second-order valence-electron chi connectivity index (χ2n) is 9.50. The molecule has 0 aliphatic heterocycles. The standard InChI is InChI=1S/C30H34N4O2/c1-6-27(33(20-19-32(4)5)29(35)24-12-8-7-11-22(24)3)28-31-26-14-10-9-13-25(26)30(36)34(28)23-17-15-21(2)16-18-23/h7-18,27H,6,19-20H2,1-5H3. The summed E-state index contributed by atoms with van der Waals surface area (Å²) in [6.45, 7) is 7.21. The summed E-state index contributed by atoms with van der Waals surface area (Å²) in [4.78, 5) is 36.8. The fourth-order valence-electron chi connectivity index (χ4n) is 4.53. The van der Waals surface area contributed by atoms with Gasteiger partial charge in [-0.15, -0.1) is 0 Å². The first-order valence-corrected chi connectivity index (χ1v) is 12.4. The van der Waals surface area contributed by atoms with Gasteiger partial charge < -0.3 is 9.80 Å². The van der Waals surface area contributed by atoms with Gasteiger partial charge in [0.25, 0.3) is 11.5 Å². The zero-order valence-electron chi connectivity index (χ0n) is 21.7. The minimum absolute atomic E-state index is 0.0559. The Morgan fingerprint density at radius 3 is 2.25 bits per heavy atom. The van der Waals surface area contributed by atoms with E-state index in [1.54, 1.807) is 4.57 Å². The van der Waals surface area contributed by atoms with Crippen LogP contribution in [0.15, 0.2) is 77.6 Å². The molecule has 186 valence electrons. The molecule has 1 heterocycles. The van der Waals surface area contributed by atoms with Gasteiger partial charge in [0, 0.05) is 18.7 Å². The maximum atomic E-state index is 14.0. The van der Waals surface area contributed by atoms with Crippen molar-refractivity contribution in [1.82, 2.24) is 19.4 Å². The summed E-state index contributed by atoms with van der Waals surface area (Å²) in [7, 11) is 3.99. The summed E-state index contributed by atoms with van der Waals surface area (Å²) < 4.78 is 1.68. The maximum Gasteiger partial charge on any atom is 0.266 e. The maximum absolute atomic E-state index is 14.0. The quantitative estimate of drug-likeness (QED) is 0.348.